The lowest BCUT2D eigenvalue weighted by molar-refractivity contribution is 1.32. The van der Waals surface area contributed by atoms with Crippen LogP contribution in [-0.2, 0) is 0 Å². The summed E-state index contributed by atoms with van der Waals surface area (Å²) < 4.78 is 2.67. The summed E-state index contributed by atoms with van der Waals surface area (Å²) in [6.07, 6.45) is 0. The van der Waals surface area contributed by atoms with Crippen molar-refractivity contribution in [2.75, 3.05) is 4.90 Å². The van der Waals surface area contributed by atoms with Crippen LogP contribution in [0.3, 0.4) is 0 Å². The highest BCUT2D eigenvalue weighted by atomic mass is 32.1. The van der Waals surface area contributed by atoms with Crippen LogP contribution in [0, 0.1) is 0 Å². The van der Waals surface area contributed by atoms with Gasteiger partial charge in [0.2, 0.25) is 0 Å². The molecular weight excluding hydrogens is 478 g/mol. The molecule has 2 heteroatoms. The third-order valence-corrected chi connectivity index (χ3v) is 8.84. The minimum Gasteiger partial charge on any atom is -0.309 e. The smallest absolute Gasteiger partial charge is 0.0540 e. The Morgan fingerprint density at radius 2 is 0.947 bits per heavy atom. The molecule has 8 aromatic rings. The Labute approximate surface area is 224 Å². The second-order valence-electron chi connectivity index (χ2n) is 9.78. The fraction of sp³-hybridized carbons (Fsp3) is 0. The Balaban J connectivity index is 1.45. The molecule has 8 rings (SSSR count). The molecular formula is C36H23NS. The maximum absolute atomic E-state index is 2.44. The lowest BCUT2D eigenvalue weighted by atomic mass is 10.0. The van der Waals surface area contributed by atoms with Crippen LogP contribution in [0.1, 0.15) is 0 Å². The highest BCUT2D eigenvalue weighted by Gasteiger charge is 2.19. The van der Waals surface area contributed by atoms with Crippen molar-refractivity contribution in [1.29, 1.82) is 0 Å². The van der Waals surface area contributed by atoms with Gasteiger partial charge in [-0.1, -0.05) is 109 Å². The van der Waals surface area contributed by atoms with E-state index in [1.165, 1.54) is 63.9 Å². The van der Waals surface area contributed by atoms with E-state index in [-0.39, 0.29) is 0 Å². The van der Waals surface area contributed by atoms with Crippen LogP contribution in [0.2, 0.25) is 0 Å². The number of hydrogen-bond acceptors (Lipinski definition) is 2. The molecule has 0 aliphatic rings. The summed E-state index contributed by atoms with van der Waals surface area (Å²) in [4.78, 5) is 2.44. The number of anilines is 3. The average molecular weight is 502 g/mol. The maximum atomic E-state index is 2.44. The maximum Gasteiger partial charge on any atom is 0.0540 e. The van der Waals surface area contributed by atoms with Gasteiger partial charge in [-0.05, 0) is 51.9 Å². The number of nitrogens with zero attached hydrogens (tertiary/aromatic N) is 1. The molecule has 1 aromatic heterocycles. The zero-order valence-corrected chi connectivity index (χ0v) is 21.5. The fourth-order valence-electron chi connectivity index (χ4n) is 5.85. The van der Waals surface area contributed by atoms with E-state index in [9.17, 15) is 0 Å². The molecule has 0 atom stereocenters. The molecule has 1 heterocycles. The SMILES string of the molecule is c1ccc2c(N(c3ccc4sc5c6ccccc6ccc5c4c3)c3cccc4ccccc34)cccc2c1. The molecule has 0 fully saturated rings. The van der Waals surface area contributed by atoms with Gasteiger partial charge in [-0.3, -0.25) is 0 Å². The normalized spacial score (nSPS) is 11.7. The number of thiophene rings is 1. The summed E-state index contributed by atoms with van der Waals surface area (Å²) in [5, 5.41) is 10.2. The molecule has 0 radical (unpaired) electrons. The number of fused-ring (bicyclic) bond motifs is 7. The van der Waals surface area contributed by atoms with E-state index in [0.29, 0.717) is 0 Å². The lowest BCUT2D eigenvalue weighted by Crippen LogP contribution is -2.11. The second kappa shape index (κ2) is 8.44. The van der Waals surface area contributed by atoms with Gasteiger partial charge < -0.3 is 4.90 Å². The monoisotopic (exact) mass is 501 g/mol. The van der Waals surface area contributed by atoms with E-state index in [2.05, 4.69) is 144 Å². The van der Waals surface area contributed by atoms with Gasteiger partial charge in [-0.2, -0.15) is 0 Å². The molecule has 0 spiro atoms. The number of benzene rings is 7. The summed E-state index contributed by atoms with van der Waals surface area (Å²) in [5.74, 6) is 0. The van der Waals surface area contributed by atoms with Gasteiger partial charge in [-0.15, -0.1) is 11.3 Å². The van der Waals surface area contributed by atoms with Crippen LogP contribution in [0.15, 0.2) is 140 Å². The molecule has 0 N–H and O–H groups in total. The predicted molar refractivity (Wildman–Crippen MR) is 167 cm³/mol. The highest BCUT2D eigenvalue weighted by Crippen LogP contribution is 2.45. The van der Waals surface area contributed by atoms with Crippen molar-refractivity contribution in [1.82, 2.24) is 0 Å². The first-order valence-electron chi connectivity index (χ1n) is 12.9. The Bertz CT molecular complexity index is 2060. The van der Waals surface area contributed by atoms with Gasteiger partial charge in [0.25, 0.3) is 0 Å². The Morgan fingerprint density at radius 3 is 1.61 bits per heavy atom. The van der Waals surface area contributed by atoms with Crippen molar-refractivity contribution in [3.05, 3.63) is 140 Å². The van der Waals surface area contributed by atoms with Gasteiger partial charge in [0, 0.05) is 36.6 Å². The van der Waals surface area contributed by atoms with Gasteiger partial charge >= 0.3 is 0 Å². The molecule has 7 aromatic carbocycles. The van der Waals surface area contributed by atoms with Gasteiger partial charge in [-0.25, -0.2) is 0 Å². The first-order chi connectivity index (χ1) is 18.8. The predicted octanol–water partition coefficient (Wildman–Crippen LogP) is 11.0. The van der Waals surface area contributed by atoms with Crippen molar-refractivity contribution in [2.45, 2.75) is 0 Å². The van der Waals surface area contributed by atoms with Crippen molar-refractivity contribution >= 4 is 80.9 Å². The minimum absolute atomic E-state index is 1.16. The van der Waals surface area contributed by atoms with Crippen molar-refractivity contribution in [2.24, 2.45) is 0 Å². The first kappa shape index (κ1) is 21.4. The molecule has 0 aliphatic heterocycles. The van der Waals surface area contributed by atoms with Crippen LogP contribution in [0.25, 0.3) is 52.5 Å². The van der Waals surface area contributed by atoms with Crippen LogP contribution < -0.4 is 4.90 Å². The van der Waals surface area contributed by atoms with Crippen LogP contribution >= 0.6 is 11.3 Å². The van der Waals surface area contributed by atoms with E-state index in [1.54, 1.807) is 0 Å². The quantitative estimate of drug-likeness (QED) is 0.233. The van der Waals surface area contributed by atoms with E-state index in [1.807, 2.05) is 11.3 Å². The van der Waals surface area contributed by atoms with Gasteiger partial charge in [0.05, 0.1) is 11.4 Å². The average Bonchev–Trinajstić information content (AvgIpc) is 3.36. The molecule has 178 valence electrons. The molecule has 0 saturated carbocycles. The summed E-state index contributed by atoms with van der Waals surface area (Å²) in [6, 6.07) is 50.8. The Hall–Kier alpha value is -4.66. The molecule has 0 bridgehead atoms. The minimum atomic E-state index is 1.16. The summed E-state index contributed by atoms with van der Waals surface area (Å²) in [7, 11) is 0. The summed E-state index contributed by atoms with van der Waals surface area (Å²) >= 11 is 1.89. The Morgan fingerprint density at radius 1 is 0.395 bits per heavy atom. The summed E-state index contributed by atoms with van der Waals surface area (Å²) in [5.41, 5.74) is 3.53. The molecule has 1 nitrogen and oxygen atoms in total. The van der Waals surface area contributed by atoms with E-state index < -0.39 is 0 Å². The lowest BCUT2D eigenvalue weighted by Gasteiger charge is -2.28. The Kier molecular flexibility index (Phi) is 4.76. The molecule has 0 saturated heterocycles. The molecule has 0 unspecified atom stereocenters. The van der Waals surface area contributed by atoms with Crippen LogP contribution in [0.5, 0.6) is 0 Å². The first-order valence-corrected chi connectivity index (χ1v) is 13.8. The van der Waals surface area contributed by atoms with Gasteiger partial charge in [0.1, 0.15) is 0 Å². The number of hydrogen-bond donors (Lipinski definition) is 0. The van der Waals surface area contributed by atoms with Crippen molar-refractivity contribution < 1.29 is 0 Å². The van der Waals surface area contributed by atoms with Crippen molar-refractivity contribution in [3.8, 4) is 0 Å². The summed E-state index contributed by atoms with van der Waals surface area (Å²) in [6.45, 7) is 0. The standard InChI is InChI=1S/C36H23NS/c1-4-14-28-24(9-1)12-7-17-33(28)37(34-18-8-13-25-10-2-5-15-29(25)34)27-20-22-35-32(23-27)31-21-19-26-11-3-6-16-30(26)36(31)38-35/h1-23H. The van der Waals surface area contributed by atoms with Crippen LogP contribution in [0.4, 0.5) is 17.1 Å². The van der Waals surface area contributed by atoms with Gasteiger partial charge in [0.15, 0.2) is 0 Å². The highest BCUT2D eigenvalue weighted by molar-refractivity contribution is 7.26. The third kappa shape index (κ3) is 3.24. The fourth-order valence-corrected chi connectivity index (χ4v) is 7.06. The zero-order chi connectivity index (χ0) is 25.1. The third-order valence-electron chi connectivity index (χ3n) is 7.62. The van der Waals surface area contributed by atoms with E-state index in [4.69, 9.17) is 0 Å². The molecule has 0 aliphatic carbocycles. The van der Waals surface area contributed by atoms with E-state index in [0.717, 1.165) is 5.69 Å². The second-order valence-corrected chi connectivity index (χ2v) is 10.8. The largest absolute Gasteiger partial charge is 0.309 e. The van der Waals surface area contributed by atoms with Crippen molar-refractivity contribution in [3.63, 3.8) is 0 Å². The van der Waals surface area contributed by atoms with E-state index >= 15 is 0 Å². The number of rotatable bonds is 3. The van der Waals surface area contributed by atoms with Crippen LogP contribution in [-0.4, -0.2) is 0 Å². The topological polar surface area (TPSA) is 3.24 Å². The zero-order valence-electron chi connectivity index (χ0n) is 20.6. The molecule has 38 heavy (non-hydrogen) atoms. The molecule has 0 amide bonds.